The lowest BCUT2D eigenvalue weighted by Gasteiger charge is -2.16. The van der Waals surface area contributed by atoms with E-state index in [4.69, 9.17) is 19.4 Å². The molecule has 0 aliphatic rings. The molecule has 66 heavy (non-hydrogen) atoms. The van der Waals surface area contributed by atoms with Gasteiger partial charge in [-0.3, -0.25) is 0 Å². The van der Waals surface area contributed by atoms with Crippen molar-refractivity contribution in [2.75, 3.05) is 0 Å². The highest BCUT2D eigenvalue weighted by molar-refractivity contribution is 6.13. The zero-order chi connectivity index (χ0) is 44.1. The predicted molar refractivity (Wildman–Crippen MR) is 263 cm³/mol. The van der Waals surface area contributed by atoms with E-state index >= 15 is 0 Å². The van der Waals surface area contributed by atoms with E-state index in [0.29, 0.717) is 28.6 Å². The second-order valence-electron chi connectivity index (χ2n) is 16.2. The Hall–Kier alpha value is -9.43. The van der Waals surface area contributed by atoms with Gasteiger partial charge in [0.05, 0.1) is 40.0 Å². The number of rotatable bonds is 7. The summed E-state index contributed by atoms with van der Waals surface area (Å²) in [5.74, 6) is 1.64. The summed E-state index contributed by atoms with van der Waals surface area (Å²) in [6, 6.07) is 73.9. The van der Waals surface area contributed by atoms with Crippen molar-refractivity contribution in [2.45, 2.75) is 0 Å². The second-order valence-corrected chi connectivity index (χ2v) is 16.2. The minimum Gasteiger partial charge on any atom is -0.455 e. The van der Waals surface area contributed by atoms with Crippen LogP contribution in [0, 0.1) is 22.7 Å². The van der Waals surface area contributed by atoms with Crippen LogP contribution < -0.4 is 0 Å². The maximum atomic E-state index is 9.80. The summed E-state index contributed by atoms with van der Waals surface area (Å²) in [5.41, 5.74) is 14.0. The van der Waals surface area contributed by atoms with Crippen LogP contribution in [0.5, 0.6) is 0 Å². The van der Waals surface area contributed by atoms with Crippen molar-refractivity contribution in [3.05, 3.63) is 217 Å². The van der Waals surface area contributed by atoms with E-state index in [2.05, 4.69) is 95.6 Å². The molecular weight excluding hydrogens is 809 g/mol. The van der Waals surface area contributed by atoms with Crippen LogP contribution in [0.3, 0.4) is 0 Å². The van der Waals surface area contributed by atoms with Gasteiger partial charge in [-0.1, -0.05) is 140 Å². The summed E-state index contributed by atoms with van der Waals surface area (Å²) in [6.45, 7) is 0. The average molecular weight is 843 g/mol. The summed E-state index contributed by atoms with van der Waals surface area (Å²) in [5, 5.41) is 23.7. The molecule has 0 aliphatic heterocycles. The third kappa shape index (κ3) is 6.55. The number of aromatic nitrogens is 4. The Morgan fingerprint density at radius 1 is 0.364 bits per heavy atom. The fourth-order valence-corrected chi connectivity index (χ4v) is 9.16. The molecule has 3 heterocycles. The van der Waals surface area contributed by atoms with Gasteiger partial charge >= 0.3 is 0 Å². The van der Waals surface area contributed by atoms with Gasteiger partial charge in [0.2, 0.25) is 0 Å². The molecule has 9 aromatic carbocycles. The number of fused-ring (bicyclic) bond motifs is 6. The average Bonchev–Trinajstić information content (AvgIpc) is 3.94. The van der Waals surface area contributed by atoms with E-state index in [-0.39, 0.29) is 0 Å². The lowest BCUT2D eigenvalue weighted by molar-refractivity contribution is 0.670. The van der Waals surface area contributed by atoms with Crippen molar-refractivity contribution in [1.29, 1.82) is 10.5 Å². The highest BCUT2D eigenvalue weighted by Crippen LogP contribution is 2.43. The van der Waals surface area contributed by atoms with Gasteiger partial charge in [-0.15, -0.1) is 0 Å². The first kappa shape index (κ1) is 38.3. The highest BCUT2D eigenvalue weighted by atomic mass is 16.3. The molecule has 0 N–H and O–H groups in total. The zero-order valence-corrected chi connectivity index (χ0v) is 35.2. The summed E-state index contributed by atoms with van der Waals surface area (Å²) in [7, 11) is 0. The molecule has 12 rings (SSSR count). The first-order valence-electron chi connectivity index (χ1n) is 21.6. The van der Waals surface area contributed by atoms with Crippen LogP contribution in [0.25, 0.3) is 117 Å². The van der Waals surface area contributed by atoms with Gasteiger partial charge < -0.3 is 8.98 Å². The maximum Gasteiger partial charge on any atom is 0.166 e. The second kappa shape index (κ2) is 15.7. The van der Waals surface area contributed by atoms with Crippen LogP contribution >= 0.6 is 0 Å². The minimum absolute atomic E-state index is 0.515. The number of nitriles is 2. The zero-order valence-electron chi connectivity index (χ0n) is 35.2. The molecule has 0 aliphatic carbocycles. The molecule has 0 saturated heterocycles. The van der Waals surface area contributed by atoms with Crippen molar-refractivity contribution in [3.63, 3.8) is 0 Å². The standard InChI is InChI=1S/C59H34N6O/c60-35-37-12-9-18-41(30-37)43-24-27-52-49(32-43)50-33-44(42-19-10-13-38(31-42)36-61)25-28-53(50)65(52)54-29-26-45(46-21-11-22-48-47-20-7-8-23-55(47)66-56(46)48)34-51(54)59-63-57(39-14-3-1-4-15-39)62-58(64-59)40-16-5-2-6-17-40/h1-34H. The first-order valence-corrected chi connectivity index (χ1v) is 21.6. The van der Waals surface area contributed by atoms with Crippen molar-refractivity contribution < 1.29 is 4.42 Å². The molecule has 0 spiro atoms. The normalized spacial score (nSPS) is 11.3. The Balaban J connectivity index is 1.16. The molecule has 0 fully saturated rings. The van der Waals surface area contributed by atoms with Crippen molar-refractivity contribution >= 4 is 43.7 Å². The van der Waals surface area contributed by atoms with Crippen molar-refractivity contribution in [3.8, 4) is 85.4 Å². The SMILES string of the molecule is N#Cc1cccc(-c2ccc3c(c2)c2cc(-c4cccc(C#N)c4)ccc2n3-c2ccc(-c3cccc4c3oc3ccccc34)cc2-c2nc(-c3ccccc3)nc(-c3ccccc3)n2)c1. The predicted octanol–water partition coefficient (Wildman–Crippen LogP) is 14.6. The maximum absolute atomic E-state index is 9.80. The number of nitrogens with zero attached hydrogens (tertiary/aromatic N) is 6. The molecule has 7 nitrogen and oxygen atoms in total. The van der Waals surface area contributed by atoms with Gasteiger partial charge in [0.1, 0.15) is 11.2 Å². The molecule has 306 valence electrons. The van der Waals surface area contributed by atoms with Crippen LogP contribution in [0.15, 0.2) is 211 Å². The van der Waals surface area contributed by atoms with E-state index in [1.807, 2.05) is 127 Å². The van der Waals surface area contributed by atoms with Crippen LogP contribution in [-0.2, 0) is 0 Å². The van der Waals surface area contributed by atoms with Crippen LogP contribution in [0.4, 0.5) is 0 Å². The number of hydrogen-bond donors (Lipinski definition) is 0. The Kier molecular flexibility index (Phi) is 9.12. The number of benzene rings is 9. The molecule has 0 radical (unpaired) electrons. The summed E-state index contributed by atoms with van der Waals surface area (Å²) >= 11 is 0. The Labute approximate surface area is 379 Å². The van der Waals surface area contributed by atoms with Gasteiger partial charge in [-0.05, 0) is 94.5 Å². The van der Waals surface area contributed by atoms with Gasteiger partial charge in [0.15, 0.2) is 17.5 Å². The van der Waals surface area contributed by atoms with Gasteiger partial charge in [-0.2, -0.15) is 10.5 Å². The number of furan rings is 1. The first-order chi connectivity index (χ1) is 32.6. The summed E-state index contributed by atoms with van der Waals surface area (Å²) in [6.07, 6.45) is 0. The van der Waals surface area contributed by atoms with E-state index < -0.39 is 0 Å². The van der Waals surface area contributed by atoms with Gasteiger partial charge in [-0.25, -0.2) is 15.0 Å². The quantitative estimate of drug-likeness (QED) is 0.158. The van der Waals surface area contributed by atoms with Crippen LogP contribution in [-0.4, -0.2) is 19.5 Å². The lowest BCUT2D eigenvalue weighted by atomic mass is 9.98. The Bertz CT molecular complexity index is 3790. The molecule has 0 atom stereocenters. The van der Waals surface area contributed by atoms with E-state index in [1.54, 1.807) is 0 Å². The molecule has 0 unspecified atom stereocenters. The largest absolute Gasteiger partial charge is 0.455 e. The smallest absolute Gasteiger partial charge is 0.166 e. The molecular formula is C59H34N6O. The number of para-hydroxylation sites is 2. The Morgan fingerprint density at radius 3 is 1.47 bits per heavy atom. The fraction of sp³-hybridized carbons (Fsp3) is 0. The summed E-state index contributed by atoms with van der Waals surface area (Å²) < 4.78 is 8.89. The molecule has 12 aromatic rings. The fourth-order valence-electron chi connectivity index (χ4n) is 9.16. The lowest BCUT2D eigenvalue weighted by Crippen LogP contribution is -2.04. The van der Waals surface area contributed by atoms with Crippen molar-refractivity contribution in [2.24, 2.45) is 0 Å². The number of hydrogen-bond acceptors (Lipinski definition) is 6. The van der Waals surface area contributed by atoms with E-state index in [0.717, 1.165) is 99.5 Å². The van der Waals surface area contributed by atoms with Crippen LogP contribution in [0.1, 0.15) is 11.1 Å². The van der Waals surface area contributed by atoms with Gasteiger partial charge in [0.25, 0.3) is 0 Å². The Morgan fingerprint density at radius 2 is 0.864 bits per heavy atom. The van der Waals surface area contributed by atoms with E-state index in [1.165, 1.54) is 0 Å². The van der Waals surface area contributed by atoms with Crippen LogP contribution in [0.2, 0.25) is 0 Å². The van der Waals surface area contributed by atoms with Gasteiger partial charge in [0, 0.05) is 43.8 Å². The van der Waals surface area contributed by atoms with E-state index in [9.17, 15) is 10.5 Å². The molecule has 0 amide bonds. The summed E-state index contributed by atoms with van der Waals surface area (Å²) in [4.78, 5) is 15.6. The van der Waals surface area contributed by atoms with Crippen molar-refractivity contribution in [1.82, 2.24) is 19.5 Å². The molecule has 3 aromatic heterocycles. The highest BCUT2D eigenvalue weighted by Gasteiger charge is 2.22. The molecule has 7 heteroatoms. The third-order valence-electron chi connectivity index (χ3n) is 12.3. The topological polar surface area (TPSA) is 104 Å². The monoisotopic (exact) mass is 842 g/mol. The molecule has 0 saturated carbocycles. The minimum atomic E-state index is 0.515. The third-order valence-corrected chi connectivity index (χ3v) is 12.3. The molecule has 0 bridgehead atoms.